The van der Waals surface area contributed by atoms with Gasteiger partial charge in [-0.2, -0.15) is 0 Å². The quantitative estimate of drug-likeness (QED) is 0.706. The van der Waals surface area contributed by atoms with Crippen LogP contribution in [0, 0.1) is 0 Å². The number of hydrogen-bond acceptors (Lipinski definition) is 5. The topological polar surface area (TPSA) is 45.2 Å². The van der Waals surface area contributed by atoms with E-state index in [0.29, 0.717) is 18.0 Å². The third kappa shape index (κ3) is 6.13. The Morgan fingerprint density at radius 3 is 2.59 bits per heavy atom. The molecule has 0 amide bonds. The van der Waals surface area contributed by atoms with Gasteiger partial charge < -0.3 is 19.5 Å². The summed E-state index contributed by atoms with van der Waals surface area (Å²) in [6, 6.07) is 13.7. The molecule has 6 heteroatoms. The molecule has 1 fully saturated rings. The molecule has 0 aliphatic carbocycles. The summed E-state index contributed by atoms with van der Waals surface area (Å²) in [5.74, 6) is 1.31. The van der Waals surface area contributed by atoms with Crippen LogP contribution in [0.5, 0.6) is 11.5 Å². The van der Waals surface area contributed by atoms with Crippen molar-refractivity contribution in [2.45, 2.75) is 13.0 Å². The van der Waals surface area contributed by atoms with Gasteiger partial charge in [0.05, 0.1) is 7.11 Å². The second-order valence-electron chi connectivity index (χ2n) is 7.14. The lowest BCUT2D eigenvalue weighted by Crippen LogP contribution is -2.49. The number of nitrogens with zero attached hydrogens (tertiary/aromatic N) is 2. The highest BCUT2D eigenvalue weighted by Crippen LogP contribution is 2.28. The van der Waals surface area contributed by atoms with Crippen molar-refractivity contribution in [1.82, 2.24) is 4.90 Å². The van der Waals surface area contributed by atoms with Crippen molar-refractivity contribution in [2.24, 2.45) is 0 Å². The van der Waals surface area contributed by atoms with E-state index in [0.717, 1.165) is 42.5 Å². The van der Waals surface area contributed by atoms with Gasteiger partial charge in [-0.05, 0) is 42.8 Å². The summed E-state index contributed by atoms with van der Waals surface area (Å²) < 4.78 is 11.2. The van der Waals surface area contributed by atoms with Gasteiger partial charge in [0.2, 0.25) is 0 Å². The van der Waals surface area contributed by atoms with E-state index >= 15 is 0 Å². The highest BCUT2D eigenvalue weighted by atomic mass is 35.5. The summed E-state index contributed by atoms with van der Waals surface area (Å²) in [5, 5.41) is 11.2. The fourth-order valence-corrected chi connectivity index (χ4v) is 3.68. The van der Waals surface area contributed by atoms with Gasteiger partial charge in [0.15, 0.2) is 11.5 Å². The van der Waals surface area contributed by atoms with E-state index in [2.05, 4.69) is 15.9 Å². The van der Waals surface area contributed by atoms with E-state index in [1.54, 1.807) is 7.11 Å². The Hall–Kier alpha value is -2.21. The fourth-order valence-electron chi connectivity index (χ4n) is 3.50. The number of rotatable bonds is 8. The predicted molar refractivity (Wildman–Crippen MR) is 119 cm³/mol. The van der Waals surface area contributed by atoms with E-state index in [9.17, 15) is 5.11 Å². The van der Waals surface area contributed by atoms with Gasteiger partial charge in [-0.15, -0.1) is 0 Å². The maximum absolute atomic E-state index is 10.4. The molecule has 0 saturated carbocycles. The van der Waals surface area contributed by atoms with Crippen molar-refractivity contribution in [3.63, 3.8) is 0 Å². The van der Waals surface area contributed by atoms with Crippen molar-refractivity contribution >= 4 is 23.4 Å². The Morgan fingerprint density at radius 1 is 1.10 bits per heavy atom. The molecule has 1 heterocycles. The lowest BCUT2D eigenvalue weighted by atomic mass is 10.2. The molecule has 0 spiro atoms. The molecular weight excluding hydrogens is 388 g/mol. The summed E-state index contributed by atoms with van der Waals surface area (Å²) in [6.07, 6.45) is 3.42. The van der Waals surface area contributed by atoms with Gasteiger partial charge in [0.25, 0.3) is 0 Å². The third-order valence-corrected chi connectivity index (χ3v) is 5.23. The minimum Gasteiger partial charge on any atom is -0.493 e. The number of allylic oxidation sites excluding steroid dienone is 1. The summed E-state index contributed by atoms with van der Waals surface area (Å²) in [4.78, 5) is 4.59. The Balaban J connectivity index is 1.46. The Labute approximate surface area is 178 Å². The molecule has 1 N–H and O–H groups in total. The maximum Gasteiger partial charge on any atom is 0.161 e. The highest BCUT2D eigenvalue weighted by Gasteiger charge is 2.20. The average molecular weight is 417 g/mol. The minimum absolute atomic E-state index is 0.230. The van der Waals surface area contributed by atoms with Gasteiger partial charge >= 0.3 is 0 Å². The molecule has 3 rings (SSSR count). The van der Waals surface area contributed by atoms with Gasteiger partial charge in [-0.1, -0.05) is 35.9 Å². The van der Waals surface area contributed by atoms with Crippen molar-refractivity contribution < 1.29 is 14.6 Å². The molecule has 0 aromatic heterocycles. The predicted octanol–water partition coefficient (Wildman–Crippen LogP) is 3.94. The maximum atomic E-state index is 10.4. The van der Waals surface area contributed by atoms with Gasteiger partial charge in [0, 0.05) is 43.4 Å². The molecule has 0 unspecified atom stereocenters. The Kier molecular flexibility index (Phi) is 7.81. The smallest absolute Gasteiger partial charge is 0.161 e. The SMILES string of the molecule is C/C=C/c1ccc(OC[C@@H](O)CN2CCN(c3cccc(Cl)c3)CC2)c(OC)c1. The second kappa shape index (κ2) is 10.5. The zero-order valence-electron chi connectivity index (χ0n) is 17.1. The van der Waals surface area contributed by atoms with Gasteiger partial charge in [0.1, 0.15) is 12.7 Å². The number of β-amino-alcohol motifs (C(OH)–C–C–N with tert-alkyl or cyclic N) is 1. The van der Waals surface area contributed by atoms with Crippen LogP contribution in [0.4, 0.5) is 5.69 Å². The van der Waals surface area contributed by atoms with Crippen LogP contribution in [0.1, 0.15) is 12.5 Å². The minimum atomic E-state index is -0.562. The monoisotopic (exact) mass is 416 g/mol. The van der Waals surface area contributed by atoms with E-state index in [1.165, 1.54) is 0 Å². The zero-order valence-corrected chi connectivity index (χ0v) is 17.8. The highest BCUT2D eigenvalue weighted by molar-refractivity contribution is 6.30. The first-order valence-electron chi connectivity index (χ1n) is 9.93. The number of halogens is 1. The molecule has 156 valence electrons. The summed E-state index contributed by atoms with van der Waals surface area (Å²) in [6.45, 7) is 6.40. The molecule has 1 aliphatic rings. The fraction of sp³-hybridized carbons (Fsp3) is 0.391. The molecule has 1 saturated heterocycles. The van der Waals surface area contributed by atoms with Crippen molar-refractivity contribution in [1.29, 1.82) is 0 Å². The van der Waals surface area contributed by atoms with Crippen molar-refractivity contribution in [2.75, 3.05) is 51.3 Å². The van der Waals surface area contributed by atoms with Crippen LogP contribution in [0.15, 0.2) is 48.5 Å². The van der Waals surface area contributed by atoms with E-state index < -0.39 is 6.10 Å². The van der Waals surface area contributed by atoms with E-state index in [-0.39, 0.29) is 6.61 Å². The normalized spacial score (nSPS) is 16.2. The number of aliphatic hydroxyl groups is 1. The Morgan fingerprint density at radius 2 is 1.90 bits per heavy atom. The van der Waals surface area contributed by atoms with Crippen molar-refractivity contribution in [3.8, 4) is 11.5 Å². The first-order valence-corrected chi connectivity index (χ1v) is 10.3. The molecule has 0 radical (unpaired) electrons. The number of ether oxygens (including phenoxy) is 2. The molecule has 1 aliphatic heterocycles. The standard InChI is InChI=1S/C23H29ClN2O3/c1-3-5-18-8-9-22(23(14-18)28-2)29-17-21(27)16-25-10-12-26(13-11-25)20-7-4-6-19(24)15-20/h3-9,14-15,21,27H,10-13,16-17H2,1-2H3/b5-3+/t21-/m0/s1. The van der Waals surface area contributed by atoms with Gasteiger partial charge in [-0.25, -0.2) is 0 Å². The molecule has 0 bridgehead atoms. The lowest BCUT2D eigenvalue weighted by Gasteiger charge is -2.36. The number of methoxy groups -OCH3 is 1. The largest absolute Gasteiger partial charge is 0.493 e. The van der Waals surface area contributed by atoms with Crippen LogP contribution in [-0.4, -0.2) is 62.6 Å². The van der Waals surface area contributed by atoms with Crippen LogP contribution in [0.25, 0.3) is 6.08 Å². The first kappa shape index (κ1) is 21.5. The van der Waals surface area contributed by atoms with Crippen LogP contribution in [0.2, 0.25) is 5.02 Å². The van der Waals surface area contributed by atoms with Crippen LogP contribution in [0.3, 0.4) is 0 Å². The van der Waals surface area contributed by atoms with Gasteiger partial charge in [-0.3, -0.25) is 4.90 Å². The number of anilines is 1. The number of benzene rings is 2. The second-order valence-corrected chi connectivity index (χ2v) is 7.58. The number of piperazine rings is 1. The average Bonchev–Trinajstić information content (AvgIpc) is 2.73. The third-order valence-electron chi connectivity index (χ3n) is 4.99. The zero-order chi connectivity index (χ0) is 20.6. The first-order chi connectivity index (χ1) is 14.1. The van der Waals surface area contributed by atoms with Crippen LogP contribution in [-0.2, 0) is 0 Å². The molecular formula is C23H29ClN2O3. The molecule has 1 atom stereocenters. The Bertz CT molecular complexity index is 820. The van der Waals surface area contributed by atoms with E-state index in [1.807, 2.05) is 55.5 Å². The van der Waals surface area contributed by atoms with E-state index in [4.69, 9.17) is 21.1 Å². The van der Waals surface area contributed by atoms with Crippen LogP contribution >= 0.6 is 11.6 Å². The van der Waals surface area contributed by atoms with Crippen molar-refractivity contribution in [3.05, 3.63) is 59.1 Å². The molecule has 2 aromatic carbocycles. The number of aliphatic hydroxyl groups excluding tert-OH is 1. The summed E-state index contributed by atoms with van der Waals surface area (Å²) in [5.41, 5.74) is 2.20. The molecule has 2 aromatic rings. The van der Waals surface area contributed by atoms with Crippen LogP contribution < -0.4 is 14.4 Å². The summed E-state index contributed by atoms with van der Waals surface area (Å²) in [7, 11) is 1.62. The number of hydrogen-bond donors (Lipinski definition) is 1. The summed E-state index contributed by atoms with van der Waals surface area (Å²) >= 11 is 6.10. The molecule has 29 heavy (non-hydrogen) atoms. The molecule has 5 nitrogen and oxygen atoms in total. The lowest BCUT2D eigenvalue weighted by molar-refractivity contribution is 0.0653.